The van der Waals surface area contributed by atoms with Crippen LogP contribution in [0.25, 0.3) is 0 Å². The number of aromatic nitrogens is 1. The second kappa shape index (κ2) is 10.1. The van der Waals surface area contributed by atoms with Crippen molar-refractivity contribution in [3.8, 4) is 0 Å². The minimum atomic E-state index is 0.301. The van der Waals surface area contributed by atoms with Crippen molar-refractivity contribution in [2.45, 2.75) is 38.8 Å². The molecule has 2 N–H and O–H groups in total. The van der Waals surface area contributed by atoms with Gasteiger partial charge in [0.1, 0.15) is 0 Å². The van der Waals surface area contributed by atoms with Gasteiger partial charge in [0.05, 0.1) is 11.4 Å². The van der Waals surface area contributed by atoms with Crippen LogP contribution >= 0.6 is 0 Å². The molecule has 1 aromatic rings. The third-order valence-corrected chi connectivity index (χ3v) is 4.75. The molecule has 5 nitrogen and oxygen atoms in total. The zero-order valence-electron chi connectivity index (χ0n) is 15.9. The molecule has 2 heterocycles. The molecular weight excluding hydrogens is 298 g/mol. The number of fused-ring (bicyclic) bond motifs is 2. The van der Waals surface area contributed by atoms with Crippen molar-refractivity contribution in [2.24, 2.45) is 0 Å². The Morgan fingerprint density at radius 2 is 1.58 bits per heavy atom. The molecule has 0 unspecified atom stereocenters. The van der Waals surface area contributed by atoms with Crippen LogP contribution in [0.15, 0.2) is 18.2 Å². The average Bonchev–Trinajstić information content (AvgIpc) is 2.58. The first-order chi connectivity index (χ1) is 11.6. The fraction of sp³-hybridized carbons (Fsp3) is 0.737. The van der Waals surface area contributed by atoms with Crippen LogP contribution in [-0.4, -0.2) is 68.1 Å². The second-order valence-electron chi connectivity index (χ2n) is 7.19. The van der Waals surface area contributed by atoms with E-state index in [1.807, 2.05) is 0 Å². The van der Waals surface area contributed by atoms with Crippen molar-refractivity contribution >= 4 is 0 Å². The quantitative estimate of drug-likeness (QED) is 0.886. The molecule has 1 aliphatic rings. The summed E-state index contributed by atoms with van der Waals surface area (Å²) in [4.78, 5) is 9.71. The molecule has 136 valence electrons. The Hall–Kier alpha value is -1.01. The maximum atomic E-state index is 4.85. The van der Waals surface area contributed by atoms with Gasteiger partial charge in [-0.05, 0) is 79.1 Å². The summed E-state index contributed by atoms with van der Waals surface area (Å²) in [5.41, 5.74) is 2.28. The molecule has 2 atom stereocenters. The topological polar surface area (TPSA) is 43.4 Å². The van der Waals surface area contributed by atoms with Crippen LogP contribution in [-0.2, 0) is 0 Å². The second-order valence-corrected chi connectivity index (χ2v) is 7.19. The lowest BCUT2D eigenvalue weighted by molar-refractivity contribution is 0.233. The zero-order valence-corrected chi connectivity index (χ0v) is 15.9. The minimum Gasteiger partial charge on any atom is -0.309 e. The normalized spacial score (nSPS) is 24.7. The van der Waals surface area contributed by atoms with Gasteiger partial charge in [-0.15, -0.1) is 0 Å². The van der Waals surface area contributed by atoms with E-state index in [2.05, 4.69) is 66.6 Å². The van der Waals surface area contributed by atoms with Gasteiger partial charge in [0.2, 0.25) is 0 Å². The maximum Gasteiger partial charge on any atom is 0.0574 e. The van der Waals surface area contributed by atoms with E-state index in [0.29, 0.717) is 12.1 Å². The summed E-state index contributed by atoms with van der Waals surface area (Å²) in [7, 11) is 4.30. The number of nitrogens with zero attached hydrogens (tertiary/aromatic N) is 3. The first-order valence-electron chi connectivity index (χ1n) is 9.37. The molecule has 0 fully saturated rings. The SMILES string of the molecule is C[C@@H]1NCCCN(CCN(C)C)CCCN[C@H](C)c2cccc1n2. The lowest BCUT2D eigenvalue weighted by atomic mass is 10.1. The van der Waals surface area contributed by atoms with E-state index < -0.39 is 0 Å². The van der Waals surface area contributed by atoms with Crippen LogP contribution in [0.1, 0.15) is 50.2 Å². The summed E-state index contributed by atoms with van der Waals surface area (Å²) >= 11 is 0. The van der Waals surface area contributed by atoms with E-state index in [0.717, 1.165) is 50.7 Å². The monoisotopic (exact) mass is 333 g/mol. The minimum absolute atomic E-state index is 0.301. The molecular formula is C19H35N5. The van der Waals surface area contributed by atoms with Crippen LogP contribution in [0.4, 0.5) is 0 Å². The van der Waals surface area contributed by atoms with Crippen LogP contribution in [0.2, 0.25) is 0 Å². The summed E-state index contributed by atoms with van der Waals surface area (Å²) in [6.45, 7) is 11.1. The van der Waals surface area contributed by atoms with Gasteiger partial charge in [-0.3, -0.25) is 4.98 Å². The lowest BCUT2D eigenvalue weighted by Crippen LogP contribution is -2.36. The highest BCUT2D eigenvalue weighted by Gasteiger charge is 2.12. The average molecular weight is 334 g/mol. The van der Waals surface area contributed by atoms with Gasteiger partial charge < -0.3 is 20.4 Å². The summed E-state index contributed by atoms with van der Waals surface area (Å²) in [6, 6.07) is 6.99. The molecule has 0 aliphatic carbocycles. The van der Waals surface area contributed by atoms with Gasteiger partial charge in [-0.25, -0.2) is 0 Å². The summed E-state index contributed by atoms with van der Waals surface area (Å²) in [5, 5.41) is 7.25. The number of hydrogen-bond donors (Lipinski definition) is 2. The third-order valence-electron chi connectivity index (χ3n) is 4.75. The predicted molar refractivity (Wildman–Crippen MR) is 101 cm³/mol. The smallest absolute Gasteiger partial charge is 0.0574 e. The molecule has 0 aromatic carbocycles. The van der Waals surface area contributed by atoms with Crippen molar-refractivity contribution in [2.75, 3.05) is 53.4 Å². The van der Waals surface area contributed by atoms with Crippen LogP contribution in [0.5, 0.6) is 0 Å². The van der Waals surface area contributed by atoms with Crippen LogP contribution < -0.4 is 10.6 Å². The predicted octanol–water partition coefficient (Wildman–Crippen LogP) is 2.04. The molecule has 0 saturated carbocycles. The van der Waals surface area contributed by atoms with E-state index in [1.54, 1.807) is 0 Å². The summed E-state index contributed by atoms with van der Waals surface area (Å²) < 4.78 is 0. The Labute approximate surface area is 147 Å². The number of likely N-dealkylation sites (N-methyl/N-ethyl adjacent to an activating group) is 1. The number of pyridine rings is 1. The molecule has 2 rings (SSSR count). The highest BCUT2D eigenvalue weighted by Crippen LogP contribution is 2.15. The van der Waals surface area contributed by atoms with Gasteiger partial charge in [0.25, 0.3) is 0 Å². The Morgan fingerprint density at radius 1 is 1.04 bits per heavy atom. The van der Waals surface area contributed by atoms with Crippen molar-refractivity contribution in [1.29, 1.82) is 0 Å². The lowest BCUT2D eigenvalue weighted by Gasteiger charge is -2.25. The first-order valence-corrected chi connectivity index (χ1v) is 9.37. The molecule has 0 amide bonds. The molecule has 5 heteroatoms. The van der Waals surface area contributed by atoms with Crippen molar-refractivity contribution in [3.05, 3.63) is 29.6 Å². The Kier molecular flexibility index (Phi) is 8.12. The molecule has 0 spiro atoms. The van der Waals surface area contributed by atoms with Crippen LogP contribution in [0.3, 0.4) is 0 Å². The van der Waals surface area contributed by atoms with Gasteiger partial charge in [-0.1, -0.05) is 6.07 Å². The summed E-state index contributed by atoms with van der Waals surface area (Å²) in [5.74, 6) is 0. The number of rotatable bonds is 3. The van der Waals surface area contributed by atoms with E-state index in [9.17, 15) is 0 Å². The number of hydrogen-bond acceptors (Lipinski definition) is 5. The fourth-order valence-corrected chi connectivity index (χ4v) is 3.08. The van der Waals surface area contributed by atoms with E-state index in [1.165, 1.54) is 12.8 Å². The largest absolute Gasteiger partial charge is 0.309 e. The molecule has 0 radical (unpaired) electrons. The highest BCUT2D eigenvalue weighted by atomic mass is 15.2. The van der Waals surface area contributed by atoms with Crippen molar-refractivity contribution < 1.29 is 0 Å². The standard InChI is InChI=1S/C19H35N5/c1-16-18-8-5-9-19(22-18)17(2)21-11-7-13-24(12-6-10-20-16)15-14-23(3)4/h5,8-9,16-17,20-21H,6-7,10-15H2,1-4H3/t16-,17+. The summed E-state index contributed by atoms with van der Waals surface area (Å²) in [6.07, 6.45) is 2.36. The molecule has 1 aliphatic heterocycles. The van der Waals surface area contributed by atoms with E-state index in [-0.39, 0.29) is 0 Å². The van der Waals surface area contributed by atoms with Gasteiger partial charge in [0.15, 0.2) is 0 Å². The molecule has 0 saturated heterocycles. The maximum absolute atomic E-state index is 4.85. The molecule has 24 heavy (non-hydrogen) atoms. The fourth-order valence-electron chi connectivity index (χ4n) is 3.08. The van der Waals surface area contributed by atoms with E-state index in [4.69, 9.17) is 4.98 Å². The van der Waals surface area contributed by atoms with Crippen molar-refractivity contribution in [3.63, 3.8) is 0 Å². The van der Waals surface area contributed by atoms with Gasteiger partial charge in [-0.2, -0.15) is 0 Å². The number of nitrogens with one attached hydrogen (secondary N) is 2. The van der Waals surface area contributed by atoms with E-state index >= 15 is 0 Å². The van der Waals surface area contributed by atoms with Gasteiger partial charge >= 0.3 is 0 Å². The third kappa shape index (κ3) is 6.48. The molecule has 1 aromatic heterocycles. The van der Waals surface area contributed by atoms with Gasteiger partial charge in [0, 0.05) is 25.2 Å². The van der Waals surface area contributed by atoms with Crippen molar-refractivity contribution in [1.82, 2.24) is 25.4 Å². The molecule has 2 bridgehead atoms. The first kappa shape index (κ1) is 19.3. The zero-order chi connectivity index (χ0) is 17.4. The Bertz CT molecular complexity index is 443. The Balaban J connectivity index is 1.98. The highest BCUT2D eigenvalue weighted by molar-refractivity contribution is 5.16. The van der Waals surface area contributed by atoms with Crippen LogP contribution in [0, 0.1) is 0 Å². The Morgan fingerprint density at radius 3 is 2.08 bits per heavy atom.